The van der Waals surface area contributed by atoms with Gasteiger partial charge in [-0.3, -0.25) is 9.59 Å². The molecule has 6 aliphatic carbocycles. The summed E-state index contributed by atoms with van der Waals surface area (Å²) in [6.07, 6.45) is 23.0. The fourth-order valence-electron chi connectivity index (χ4n) is 19.6. The molecule has 14 nitrogen and oxygen atoms in total. The first-order valence-corrected chi connectivity index (χ1v) is 59.9. The van der Waals surface area contributed by atoms with Gasteiger partial charge >= 0.3 is 46.4 Å². The third-order valence-electron chi connectivity index (χ3n) is 31.7. The van der Waals surface area contributed by atoms with Crippen molar-refractivity contribution >= 4 is 81.0 Å². The summed E-state index contributed by atoms with van der Waals surface area (Å²) in [7, 11) is -16.3. The van der Waals surface area contributed by atoms with Gasteiger partial charge in [0.25, 0.3) is 0 Å². The van der Waals surface area contributed by atoms with Crippen molar-refractivity contribution < 1.29 is 97.8 Å². The first kappa shape index (κ1) is 113. The van der Waals surface area contributed by atoms with E-state index in [9.17, 15) is 46.5 Å². The Labute approximate surface area is 728 Å². The van der Waals surface area contributed by atoms with E-state index >= 15 is 0 Å². The van der Waals surface area contributed by atoms with Crippen LogP contribution in [0.1, 0.15) is 337 Å². The smallest absolute Gasteiger partial charge is 1.00 e. The van der Waals surface area contributed by atoms with E-state index in [0.717, 1.165) is 57.8 Å². The number of rotatable bonds is 27. The molecule has 0 aliphatic heterocycles. The van der Waals surface area contributed by atoms with Crippen LogP contribution in [0.3, 0.4) is 0 Å². The van der Waals surface area contributed by atoms with Crippen molar-refractivity contribution in [1.82, 2.24) is 0 Å². The van der Waals surface area contributed by atoms with E-state index in [2.05, 4.69) is 209 Å². The maximum atomic E-state index is 12.1. The molecule has 6 saturated carbocycles. The van der Waals surface area contributed by atoms with E-state index in [0.29, 0.717) is 65.1 Å². The molecule has 114 heavy (non-hydrogen) atoms. The van der Waals surface area contributed by atoms with Gasteiger partial charge in [0, 0.05) is 25.7 Å². The maximum absolute atomic E-state index is 12.1. The predicted octanol–water partition coefficient (Wildman–Crippen LogP) is 21.4. The van der Waals surface area contributed by atoms with Crippen LogP contribution in [0.4, 0.5) is 13.2 Å². The molecule has 18 atom stereocenters. The molecule has 6 aliphatic rings. The van der Waals surface area contributed by atoms with Crippen LogP contribution in [-0.2, 0) is 50.8 Å². The van der Waals surface area contributed by atoms with Gasteiger partial charge in [-0.05, 0) is 318 Å². The monoisotopic (exact) mass is 1740 g/mol. The standard InChI is InChI=1S/C32H64O4Si2.C30H62O3Si2.C20H36O4.C7H15F3O3SSi.Al.Li.4H/c1-23(25-19-20-26-27(34-24(2)33)17-16-22-32(25,26)11)18-21-28(35-37(12,13)29(3,4)5)31(9,10)36-38(14,15)30(6,7)8;1-22(23-18-19-24-25(31)16-15-21-30(23,24)10)17-20-26(32-34(11,12)27(2,3)4)29(8,9)33-35(13,14)28(5,6)7;1-13(8-11-18(22)19(3,4)23)15-9-10-16-17(24-14(2)21)7-6-12-20(15,16)5;1-6(2,3)15(4,5)13-14(11,12)7(8,9)10;;;;;;/h23,25-28H,16-22H2,1-15H3;22-26,31H,15-21H2,1-14H3;13,15-18,22-23H,6-12H2,1-5H3;1-5H3;;;;;;/q;;;;;+1;;;;-1/t23-,25-,26?,27+,28?,32-;22-,23-,24?,25+,26?,30-;13-,15-,16?,17+,18?,20-;;;;;;;/m111......./s1. The number of halogens is 3. The van der Waals surface area contributed by atoms with Crippen LogP contribution in [-0.4, -0.2) is 154 Å². The predicted molar refractivity (Wildman–Crippen MR) is 482 cm³/mol. The molecule has 0 heterocycles. The molecular formula is C89H181AlF3LiO14SSi5. The molecule has 0 saturated heterocycles. The van der Waals surface area contributed by atoms with Gasteiger partial charge in [0.1, 0.15) is 12.2 Å². The number of ether oxygens (including phenoxy) is 2. The molecule has 0 bridgehead atoms. The summed E-state index contributed by atoms with van der Waals surface area (Å²) in [6.45, 7) is 85.0. The minimum atomic E-state index is -5.48. The largest absolute Gasteiger partial charge is 1.00 e. The van der Waals surface area contributed by atoms with Crippen molar-refractivity contribution in [3.05, 3.63) is 0 Å². The summed E-state index contributed by atoms with van der Waals surface area (Å²) in [4.78, 5) is 23.2. The number of carbonyl (C=O) groups is 2. The first-order chi connectivity index (χ1) is 49.8. The number of alkyl halides is 3. The average molecular weight is 1740 g/mol. The molecule has 0 aromatic rings. The fourth-order valence-corrected chi connectivity index (χ4v) is 29.6. The van der Waals surface area contributed by atoms with Crippen LogP contribution < -0.4 is 18.9 Å². The van der Waals surface area contributed by atoms with Gasteiger partial charge in [-0.25, -0.2) is 0 Å². The molecule has 6 fully saturated rings. The van der Waals surface area contributed by atoms with Crippen molar-refractivity contribution in [3.63, 3.8) is 0 Å². The molecule has 3 N–H and O–H groups in total. The molecule has 25 heteroatoms. The van der Waals surface area contributed by atoms with Crippen molar-refractivity contribution in [2.45, 2.75) is 485 Å². The van der Waals surface area contributed by atoms with Crippen molar-refractivity contribution in [2.24, 2.45) is 69.5 Å². The number of aliphatic hydroxyl groups is 3. The molecule has 6 unspecified atom stereocenters. The molecule has 0 spiro atoms. The Kier molecular flexibility index (Phi) is 40.4. The number of hydrogen-bond donors (Lipinski definition) is 3. The SMILES string of the molecule is CC(=O)O[C@H]1CCC[C@@]2(C)C1CC[C@@H]2[C@H](C)CCC(O)C(C)(C)O.CC(=O)O[C@H]1CCC[C@@]2(C)C1CC[C@@H]2[C@H](C)CCC(O[Si](C)(C)C(C)(C)C)C(C)(C)O[Si](C)(C)C(C)(C)C.CC(C)(C)[Si](C)(C)OS(=O)(=O)C(F)(F)F.C[C@H](CCC(O[Si](C)(C)C(C)(C)C)C(C)(C)O[Si](C)(C)C(C)(C)C)[C@H]1CCC2[C@@H](O)CCC[C@@]21C.[AlH3].[H-].[Li+]. The van der Waals surface area contributed by atoms with Crippen molar-refractivity contribution in [1.29, 1.82) is 0 Å². The summed E-state index contributed by atoms with van der Waals surface area (Å²) in [5.41, 5.74) is -6.24. The number of fused-ring (bicyclic) bond motifs is 3. The van der Waals surface area contributed by atoms with E-state index in [4.69, 9.17) is 27.2 Å². The number of carbonyl (C=O) groups excluding carboxylic acids is 2. The van der Waals surface area contributed by atoms with Crippen LogP contribution in [0.2, 0.25) is 90.7 Å². The van der Waals surface area contributed by atoms with E-state index in [-0.39, 0.29) is 122 Å². The van der Waals surface area contributed by atoms with E-state index in [1.54, 1.807) is 41.5 Å². The fraction of sp³-hybridized carbons (Fsp3) is 0.978. The Hall–Kier alpha value is 0.574. The van der Waals surface area contributed by atoms with Crippen LogP contribution in [0.25, 0.3) is 0 Å². The van der Waals surface area contributed by atoms with Gasteiger partial charge in [-0.2, -0.15) is 21.6 Å². The quantitative estimate of drug-likeness (QED) is 0.0399. The van der Waals surface area contributed by atoms with Gasteiger partial charge in [0.2, 0.25) is 8.32 Å². The number of esters is 2. The van der Waals surface area contributed by atoms with Crippen LogP contribution in [0.5, 0.6) is 0 Å². The molecule has 0 amide bonds. The number of hydrogen-bond acceptors (Lipinski definition) is 14. The zero-order valence-corrected chi connectivity index (χ0v) is 86.2. The van der Waals surface area contributed by atoms with Gasteiger partial charge in [0.15, 0.2) is 50.6 Å². The second kappa shape index (κ2) is 40.9. The molecular weight excluding hydrogens is 1560 g/mol. The zero-order chi connectivity index (χ0) is 87.6. The molecule has 672 valence electrons. The van der Waals surface area contributed by atoms with Crippen LogP contribution in [0.15, 0.2) is 0 Å². The minimum Gasteiger partial charge on any atom is -1.00 e. The normalized spacial score (nSPS) is 28.8. The molecule has 0 aromatic heterocycles. The van der Waals surface area contributed by atoms with Crippen molar-refractivity contribution in [2.75, 3.05) is 0 Å². The summed E-state index contributed by atoms with van der Waals surface area (Å²) >= 11 is 0. The van der Waals surface area contributed by atoms with Crippen LogP contribution >= 0.6 is 0 Å². The molecule has 0 radical (unpaired) electrons. The third kappa shape index (κ3) is 29.1. The Bertz CT molecular complexity index is 3110. The Morgan fingerprint density at radius 2 is 0.719 bits per heavy atom. The zero-order valence-electron chi connectivity index (χ0n) is 81.4. The van der Waals surface area contributed by atoms with Gasteiger partial charge in [0.05, 0.1) is 41.2 Å². The second-order valence-electron chi connectivity index (χ2n) is 46.7. The van der Waals surface area contributed by atoms with E-state index in [1.165, 1.54) is 90.6 Å². The first-order valence-electron chi connectivity index (χ1n) is 44.0. The molecule has 6 rings (SSSR count). The Morgan fingerprint density at radius 3 is 0.991 bits per heavy atom. The topological polar surface area (TPSA) is 194 Å². The average Bonchev–Trinajstić information content (AvgIpc) is 1.64. The number of aliphatic hydroxyl groups excluding tert-OH is 2. The van der Waals surface area contributed by atoms with E-state index < -0.39 is 74.0 Å². The Balaban J connectivity index is 0.00000156. The van der Waals surface area contributed by atoms with E-state index in [1.807, 2.05) is 0 Å². The van der Waals surface area contributed by atoms with Gasteiger partial charge < -0.3 is 47.8 Å². The third-order valence-corrected chi connectivity index (χ3v) is 56.7. The maximum Gasteiger partial charge on any atom is 1.00 e. The summed E-state index contributed by atoms with van der Waals surface area (Å²) in [5, 5.41) is 30.8. The second-order valence-corrected chi connectivity index (χ2v) is 72.2. The van der Waals surface area contributed by atoms with Gasteiger partial charge in [-0.15, -0.1) is 0 Å². The summed E-state index contributed by atoms with van der Waals surface area (Å²) < 4.78 is 102. The van der Waals surface area contributed by atoms with Gasteiger partial charge in [-0.1, -0.05) is 152 Å². The minimum absolute atomic E-state index is 0. The summed E-state index contributed by atoms with van der Waals surface area (Å²) in [5.74, 6) is 4.94. The Morgan fingerprint density at radius 1 is 0.447 bits per heavy atom. The molecule has 0 aromatic carbocycles. The van der Waals surface area contributed by atoms with Crippen molar-refractivity contribution in [3.8, 4) is 0 Å². The van der Waals surface area contributed by atoms with Crippen LogP contribution in [0, 0.1) is 69.5 Å². The summed E-state index contributed by atoms with van der Waals surface area (Å²) in [6, 6.07) is 0.